The Kier molecular flexibility index (Phi) is 4.72. The van der Waals surface area contributed by atoms with Crippen LogP contribution in [0.1, 0.15) is 49.9 Å². The number of halogens is 1. The molecule has 0 saturated heterocycles. The van der Waals surface area contributed by atoms with Crippen molar-refractivity contribution in [2.75, 3.05) is 11.4 Å². The first-order valence-electron chi connectivity index (χ1n) is 7.32. The molecule has 0 spiro atoms. The van der Waals surface area contributed by atoms with Crippen LogP contribution in [0.4, 0.5) is 5.82 Å². The minimum atomic E-state index is 0.555. The maximum atomic E-state index is 6.15. The maximum Gasteiger partial charge on any atom is 0.133 e. The summed E-state index contributed by atoms with van der Waals surface area (Å²) < 4.78 is 0. The highest BCUT2D eigenvalue weighted by molar-refractivity contribution is 6.17. The topological polar surface area (TPSA) is 16.1 Å². The van der Waals surface area contributed by atoms with Crippen molar-refractivity contribution in [1.29, 1.82) is 0 Å². The number of hydrogen-bond donors (Lipinski definition) is 0. The molecule has 0 aromatic carbocycles. The number of aromatic nitrogens is 1. The number of aryl methyl sites for hydroxylation is 2. The van der Waals surface area contributed by atoms with Crippen molar-refractivity contribution in [3.63, 3.8) is 0 Å². The van der Waals surface area contributed by atoms with Crippen LogP contribution in [0.5, 0.6) is 0 Å². The van der Waals surface area contributed by atoms with Crippen LogP contribution in [-0.4, -0.2) is 17.6 Å². The quantitative estimate of drug-likeness (QED) is 0.716. The summed E-state index contributed by atoms with van der Waals surface area (Å²) in [5.74, 6) is 2.42. The van der Waals surface area contributed by atoms with Crippen LogP contribution in [0, 0.1) is 19.8 Å². The zero-order valence-electron chi connectivity index (χ0n) is 12.5. The Bertz CT molecular complexity index is 439. The summed E-state index contributed by atoms with van der Waals surface area (Å²) in [6.45, 7) is 9.87. The molecule has 1 heterocycles. The van der Waals surface area contributed by atoms with Gasteiger partial charge in [-0.25, -0.2) is 4.98 Å². The third-order valence-electron chi connectivity index (χ3n) is 3.79. The van der Waals surface area contributed by atoms with E-state index in [9.17, 15) is 0 Å². The van der Waals surface area contributed by atoms with E-state index in [1.165, 1.54) is 30.4 Å². The molecule has 0 aliphatic heterocycles. The first-order chi connectivity index (χ1) is 9.02. The van der Waals surface area contributed by atoms with Crippen LogP contribution in [0.15, 0.2) is 6.07 Å². The lowest BCUT2D eigenvalue weighted by molar-refractivity contribution is 0.567. The fourth-order valence-corrected chi connectivity index (χ4v) is 2.82. The zero-order chi connectivity index (χ0) is 14.0. The van der Waals surface area contributed by atoms with Gasteiger partial charge in [0.25, 0.3) is 0 Å². The lowest BCUT2D eigenvalue weighted by atomic mass is 10.1. The van der Waals surface area contributed by atoms with Crippen LogP contribution in [0.2, 0.25) is 0 Å². The van der Waals surface area contributed by atoms with Crippen molar-refractivity contribution < 1.29 is 0 Å². The molecule has 1 fully saturated rings. The molecule has 1 aliphatic rings. The predicted molar refractivity (Wildman–Crippen MR) is 83.1 cm³/mol. The Balaban J connectivity index is 2.29. The highest BCUT2D eigenvalue weighted by atomic mass is 35.5. The van der Waals surface area contributed by atoms with E-state index in [1.54, 1.807) is 0 Å². The Morgan fingerprint density at radius 1 is 1.37 bits per heavy atom. The molecule has 1 aromatic rings. The lowest BCUT2D eigenvalue weighted by Crippen LogP contribution is -2.30. The minimum Gasteiger partial charge on any atom is -0.353 e. The van der Waals surface area contributed by atoms with E-state index in [0.29, 0.717) is 11.9 Å². The molecule has 1 saturated carbocycles. The van der Waals surface area contributed by atoms with E-state index in [4.69, 9.17) is 16.6 Å². The first kappa shape index (κ1) is 14.6. The Hall–Kier alpha value is -0.760. The summed E-state index contributed by atoms with van der Waals surface area (Å²) in [5, 5.41) is 0. The van der Waals surface area contributed by atoms with E-state index in [2.05, 4.69) is 38.7 Å². The van der Waals surface area contributed by atoms with Gasteiger partial charge in [-0.2, -0.15) is 0 Å². The van der Waals surface area contributed by atoms with Gasteiger partial charge in [0.2, 0.25) is 0 Å². The number of alkyl halides is 1. The molecule has 2 nitrogen and oxygen atoms in total. The van der Waals surface area contributed by atoms with Crippen molar-refractivity contribution in [3.05, 3.63) is 22.9 Å². The predicted octanol–water partition coefficient (Wildman–Crippen LogP) is 4.45. The number of hydrogen-bond acceptors (Lipinski definition) is 2. The SMILES string of the molecule is Cc1cc(C)c(CCl)c(N(CCC(C)C)C2CC2)n1. The fourth-order valence-electron chi connectivity index (χ4n) is 2.49. The third-order valence-corrected chi connectivity index (χ3v) is 4.06. The molecule has 3 heteroatoms. The fraction of sp³-hybridized carbons (Fsp3) is 0.688. The number of rotatable bonds is 6. The molecule has 0 N–H and O–H groups in total. The van der Waals surface area contributed by atoms with Gasteiger partial charge < -0.3 is 4.90 Å². The molecule has 0 radical (unpaired) electrons. The monoisotopic (exact) mass is 280 g/mol. The molecule has 1 aliphatic carbocycles. The number of pyridine rings is 1. The van der Waals surface area contributed by atoms with Gasteiger partial charge >= 0.3 is 0 Å². The van der Waals surface area contributed by atoms with E-state index in [-0.39, 0.29) is 0 Å². The van der Waals surface area contributed by atoms with Crippen molar-refractivity contribution in [2.45, 2.75) is 58.9 Å². The Morgan fingerprint density at radius 2 is 2.05 bits per heavy atom. The van der Waals surface area contributed by atoms with Crippen molar-refractivity contribution >= 4 is 17.4 Å². The molecule has 0 atom stereocenters. The highest BCUT2D eigenvalue weighted by Crippen LogP contribution is 2.34. The second-order valence-electron chi connectivity index (χ2n) is 6.12. The summed E-state index contributed by atoms with van der Waals surface area (Å²) in [7, 11) is 0. The van der Waals surface area contributed by atoms with Crippen LogP contribution >= 0.6 is 11.6 Å². The second kappa shape index (κ2) is 6.13. The van der Waals surface area contributed by atoms with Gasteiger partial charge in [-0.1, -0.05) is 13.8 Å². The summed E-state index contributed by atoms with van der Waals surface area (Å²) in [6, 6.07) is 2.82. The maximum absolute atomic E-state index is 6.15. The molecular formula is C16H25ClN2. The van der Waals surface area contributed by atoms with E-state index in [0.717, 1.165) is 24.0 Å². The summed E-state index contributed by atoms with van der Waals surface area (Å²) in [5.41, 5.74) is 3.58. The summed E-state index contributed by atoms with van der Waals surface area (Å²) in [4.78, 5) is 7.28. The van der Waals surface area contributed by atoms with Crippen molar-refractivity contribution in [1.82, 2.24) is 4.98 Å². The average Bonchev–Trinajstić information content (AvgIpc) is 3.12. The largest absolute Gasteiger partial charge is 0.353 e. The van der Waals surface area contributed by atoms with Gasteiger partial charge in [-0.15, -0.1) is 11.6 Å². The molecule has 19 heavy (non-hydrogen) atoms. The number of nitrogens with zero attached hydrogens (tertiary/aromatic N) is 2. The third kappa shape index (κ3) is 3.62. The normalized spacial score (nSPS) is 15.1. The Labute approximate surface area is 122 Å². The second-order valence-corrected chi connectivity index (χ2v) is 6.39. The molecule has 0 amide bonds. The zero-order valence-corrected chi connectivity index (χ0v) is 13.3. The summed E-state index contributed by atoms with van der Waals surface area (Å²) >= 11 is 6.15. The first-order valence-corrected chi connectivity index (χ1v) is 7.86. The van der Waals surface area contributed by atoms with Gasteiger partial charge in [-0.3, -0.25) is 0 Å². The van der Waals surface area contributed by atoms with E-state index < -0.39 is 0 Å². The molecular weight excluding hydrogens is 256 g/mol. The van der Waals surface area contributed by atoms with Crippen molar-refractivity contribution in [2.24, 2.45) is 5.92 Å². The Morgan fingerprint density at radius 3 is 2.58 bits per heavy atom. The van der Waals surface area contributed by atoms with Crippen molar-refractivity contribution in [3.8, 4) is 0 Å². The van der Waals surface area contributed by atoms with Gasteiger partial charge in [0.05, 0.1) is 5.88 Å². The molecule has 0 unspecified atom stereocenters. The standard InChI is InChI=1S/C16H25ClN2/c1-11(2)7-8-19(14-5-6-14)16-15(10-17)12(3)9-13(4)18-16/h9,11,14H,5-8,10H2,1-4H3. The number of anilines is 1. The van der Waals surface area contributed by atoms with Crippen LogP contribution < -0.4 is 4.90 Å². The van der Waals surface area contributed by atoms with Gasteiger partial charge in [-0.05, 0) is 50.7 Å². The van der Waals surface area contributed by atoms with Gasteiger partial charge in [0.1, 0.15) is 5.82 Å². The molecule has 1 aromatic heterocycles. The molecule has 0 bridgehead atoms. The van der Waals surface area contributed by atoms with Gasteiger partial charge in [0.15, 0.2) is 0 Å². The van der Waals surface area contributed by atoms with Crippen LogP contribution in [-0.2, 0) is 5.88 Å². The average molecular weight is 281 g/mol. The van der Waals surface area contributed by atoms with E-state index in [1.807, 2.05) is 0 Å². The van der Waals surface area contributed by atoms with Gasteiger partial charge in [0, 0.05) is 23.8 Å². The molecule has 2 rings (SSSR count). The van der Waals surface area contributed by atoms with Crippen LogP contribution in [0.3, 0.4) is 0 Å². The lowest BCUT2D eigenvalue weighted by Gasteiger charge is -2.27. The summed E-state index contributed by atoms with van der Waals surface area (Å²) in [6.07, 6.45) is 3.82. The smallest absolute Gasteiger partial charge is 0.133 e. The van der Waals surface area contributed by atoms with E-state index >= 15 is 0 Å². The molecule has 106 valence electrons. The van der Waals surface area contributed by atoms with Crippen LogP contribution in [0.25, 0.3) is 0 Å². The minimum absolute atomic E-state index is 0.555. The highest BCUT2D eigenvalue weighted by Gasteiger charge is 2.31.